The number of anilines is 2. The fourth-order valence-electron chi connectivity index (χ4n) is 7.03. The first-order chi connectivity index (χ1) is 24.5. The molecule has 3 aromatic carbocycles. The van der Waals surface area contributed by atoms with E-state index in [0.717, 1.165) is 28.7 Å². The van der Waals surface area contributed by atoms with E-state index in [1.807, 2.05) is 66.1 Å². The summed E-state index contributed by atoms with van der Waals surface area (Å²) in [6.07, 6.45) is 12.6. The van der Waals surface area contributed by atoms with Crippen LogP contribution in [0.3, 0.4) is 0 Å². The third-order valence-corrected chi connectivity index (χ3v) is 12.5. The minimum Gasteiger partial charge on any atom is -0.748 e. The largest absolute Gasteiger partial charge is 1.00 e. The van der Waals surface area contributed by atoms with Gasteiger partial charge in [0, 0.05) is 46.7 Å². The van der Waals surface area contributed by atoms with Crippen molar-refractivity contribution in [3.05, 3.63) is 102 Å². The van der Waals surface area contributed by atoms with Gasteiger partial charge in [-0.25, -0.2) is 25.3 Å². The van der Waals surface area contributed by atoms with Crippen molar-refractivity contribution < 1.29 is 151 Å². The van der Waals surface area contributed by atoms with Crippen LogP contribution in [0.4, 0.5) is 17.1 Å². The molecule has 2 aliphatic rings. The summed E-state index contributed by atoms with van der Waals surface area (Å²) in [6, 6.07) is 10.1. The molecular formula is C36H36IK2N3O10S3. The van der Waals surface area contributed by atoms with Crippen LogP contribution in [0.2, 0.25) is 0 Å². The Morgan fingerprint density at radius 1 is 0.836 bits per heavy atom. The first-order valence-electron chi connectivity index (χ1n) is 16.1. The van der Waals surface area contributed by atoms with Crippen LogP contribution in [0.5, 0.6) is 0 Å². The minimum atomic E-state index is -5.23. The molecule has 1 amide bonds. The molecule has 0 aliphatic carbocycles. The van der Waals surface area contributed by atoms with Crippen molar-refractivity contribution in [1.29, 1.82) is 0 Å². The van der Waals surface area contributed by atoms with Crippen LogP contribution >= 0.6 is 22.6 Å². The van der Waals surface area contributed by atoms with E-state index < -0.39 is 51.3 Å². The van der Waals surface area contributed by atoms with Gasteiger partial charge < -0.3 is 23.9 Å². The predicted octanol–water partition coefficient (Wildman–Crippen LogP) is -1.07. The van der Waals surface area contributed by atoms with Gasteiger partial charge in [-0.2, -0.15) is 4.58 Å². The second kappa shape index (κ2) is 18.4. The Kier molecular flexibility index (Phi) is 16.4. The van der Waals surface area contributed by atoms with Gasteiger partial charge >= 0.3 is 103 Å². The molecule has 19 heteroatoms. The Labute approximate surface area is 420 Å². The fraction of sp³-hybridized carbons (Fsp3) is 0.278. The number of benzene rings is 3. The molecule has 282 valence electrons. The molecule has 5 rings (SSSR count). The zero-order valence-electron chi connectivity index (χ0n) is 31.3. The van der Waals surface area contributed by atoms with E-state index in [1.54, 1.807) is 43.1 Å². The third kappa shape index (κ3) is 10.7. The number of rotatable bonds is 11. The maximum Gasteiger partial charge on any atom is 1.00 e. The van der Waals surface area contributed by atoms with Crippen LogP contribution in [-0.4, -0.2) is 78.9 Å². The standard InChI is InChI=1S/C36H38IN3O10S3.2K/c1-35(2)27-19-23(38-33(41)22-37)13-15-28(27)39(5)31(35)11-9-7-6-8-10-12-32-36(3,4)34-26-20-24(52(45,46)47)21-30(53(48,49)50)25(26)14-16-29(34)40(32)17-18-51(42,43)44;;/h6-16,19-21H,17-18,22H2,1-5H3,(H3-,38,41,42,43,44,45,46,47,48,49,50);;/q;2*+1/p-2. The molecular weight excluding hydrogens is 936 g/mol. The number of amides is 1. The Morgan fingerprint density at radius 3 is 2.07 bits per heavy atom. The summed E-state index contributed by atoms with van der Waals surface area (Å²) in [4.78, 5) is 11.7. The molecule has 0 saturated heterocycles. The average molecular weight is 972 g/mol. The van der Waals surface area contributed by atoms with E-state index in [0.29, 0.717) is 27.4 Å². The molecule has 0 spiro atoms. The Morgan fingerprint density at radius 2 is 1.47 bits per heavy atom. The second-order valence-electron chi connectivity index (χ2n) is 13.6. The van der Waals surface area contributed by atoms with E-state index in [9.17, 15) is 43.7 Å². The van der Waals surface area contributed by atoms with Crippen LogP contribution in [0.15, 0.2) is 100 Å². The summed E-state index contributed by atoms with van der Waals surface area (Å²) in [5.74, 6) is -0.854. The minimum absolute atomic E-state index is 0. The van der Waals surface area contributed by atoms with Crippen molar-refractivity contribution in [3.63, 3.8) is 0 Å². The van der Waals surface area contributed by atoms with E-state index >= 15 is 0 Å². The monoisotopic (exact) mass is 971 g/mol. The Balaban J connectivity index is 0.00000406. The van der Waals surface area contributed by atoms with Gasteiger partial charge in [-0.3, -0.25) is 4.79 Å². The van der Waals surface area contributed by atoms with E-state index in [1.165, 1.54) is 12.1 Å². The summed E-state index contributed by atoms with van der Waals surface area (Å²) in [7, 11) is -13.1. The van der Waals surface area contributed by atoms with Gasteiger partial charge in [0.15, 0.2) is 5.71 Å². The van der Waals surface area contributed by atoms with Gasteiger partial charge in [-0.05, 0) is 66.6 Å². The maximum absolute atomic E-state index is 12.2. The van der Waals surface area contributed by atoms with Gasteiger partial charge in [-0.15, -0.1) is 0 Å². The number of carbonyl (C=O) groups is 1. The molecule has 0 bridgehead atoms. The zero-order chi connectivity index (χ0) is 39.3. The topological polar surface area (TPSA) is 207 Å². The summed E-state index contributed by atoms with van der Waals surface area (Å²) < 4.78 is 110. The van der Waals surface area contributed by atoms with Crippen LogP contribution in [0.1, 0.15) is 38.8 Å². The van der Waals surface area contributed by atoms with Crippen molar-refractivity contribution in [2.24, 2.45) is 0 Å². The first-order valence-corrected chi connectivity index (χ1v) is 22.0. The van der Waals surface area contributed by atoms with Gasteiger partial charge in [0.05, 0.1) is 35.5 Å². The number of fused-ring (bicyclic) bond motifs is 4. The molecule has 0 fully saturated rings. The first kappa shape index (κ1) is 48.9. The van der Waals surface area contributed by atoms with Crippen molar-refractivity contribution in [2.75, 3.05) is 34.0 Å². The van der Waals surface area contributed by atoms with E-state index in [4.69, 9.17) is 0 Å². The molecule has 0 atom stereocenters. The van der Waals surface area contributed by atoms with Crippen LogP contribution in [-0.2, 0) is 46.0 Å². The molecule has 0 unspecified atom stereocenters. The normalized spacial score (nSPS) is 17.3. The molecule has 3 aromatic rings. The van der Waals surface area contributed by atoms with Crippen molar-refractivity contribution in [3.8, 4) is 0 Å². The van der Waals surface area contributed by atoms with Crippen molar-refractivity contribution in [2.45, 2.75) is 48.3 Å². The number of nitrogens with one attached hydrogen (secondary N) is 1. The molecule has 0 radical (unpaired) electrons. The predicted molar refractivity (Wildman–Crippen MR) is 208 cm³/mol. The number of halogens is 1. The van der Waals surface area contributed by atoms with E-state index in [-0.39, 0.29) is 131 Å². The molecule has 2 heterocycles. The number of hydrogen-bond acceptors (Lipinski definition) is 11. The van der Waals surface area contributed by atoms with Crippen LogP contribution in [0, 0.1) is 0 Å². The van der Waals surface area contributed by atoms with Gasteiger partial charge in [0.2, 0.25) is 11.6 Å². The summed E-state index contributed by atoms with van der Waals surface area (Å²) in [5.41, 5.74) is 3.61. The van der Waals surface area contributed by atoms with Gasteiger partial charge in [0.1, 0.15) is 27.3 Å². The summed E-state index contributed by atoms with van der Waals surface area (Å²) in [5, 5.41) is 2.80. The molecule has 13 nitrogen and oxygen atoms in total. The number of alkyl halides is 1. The van der Waals surface area contributed by atoms with Crippen molar-refractivity contribution >= 4 is 92.4 Å². The molecule has 55 heavy (non-hydrogen) atoms. The second-order valence-corrected chi connectivity index (χ2v) is 18.6. The maximum atomic E-state index is 12.2. The molecule has 2 aliphatic heterocycles. The summed E-state index contributed by atoms with van der Waals surface area (Å²) in [6.45, 7) is 7.38. The Hall–Kier alpha value is -0.447. The van der Waals surface area contributed by atoms with Crippen LogP contribution < -0.4 is 113 Å². The molecule has 1 N–H and O–H groups in total. The number of carbonyl (C=O) groups excluding carboxylic acids is 1. The molecule has 0 aromatic heterocycles. The Bertz CT molecular complexity index is 2550. The number of hydrogen-bond donors (Lipinski definition) is 1. The third-order valence-electron chi connectivity index (χ3n) is 9.41. The number of allylic oxidation sites excluding steroid dienone is 8. The SMILES string of the molecule is C[N+]1=C(C=CC=CC=CC=C2N(CCS(=O)(=O)[O-])c3ccc4c(S(=O)(=O)[O-])cc(S(=O)(=O)[O-])cc4c3C2(C)C)C(C)(C)c2cc(NC(=O)CI)ccc21.[K+].[K+]. The quantitative estimate of drug-likeness (QED) is 0.0612. The fourth-order valence-corrected chi connectivity index (χ4v) is 8.94. The smallest absolute Gasteiger partial charge is 0.748 e. The van der Waals surface area contributed by atoms with E-state index in [2.05, 4.69) is 23.7 Å². The van der Waals surface area contributed by atoms with Crippen LogP contribution in [0.25, 0.3) is 10.8 Å². The zero-order valence-corrected chi connectivity index (χ0v) is 42.1. The van der Waals surface area contributed by atoms with Crippen molar-refractivity contribution in [1.82, 2.24) is 0 Å². The van der Waals surface area contributed by atoms with Gasteiger partial charge in [0.25, 0.3) is 0 Å². The summed E-state index contributed by atoms with van der Waals surface area (Å²) >= 11 is 2.01. The average Bonchev–Trinajstić information content (AvgIpc) is 3.38. The van der Waals surface area contributed by atoms with Gasteiger partial charge in [-0.1, -0.05) is 72.9 Å². The number of nitrogens with zero attached hydrogens (tertiary/aromatic N) is 2. The molecule has 0 saturated carbocycles.